The number of alkyl carbamates (subject to hydrolysis) is 1. The smallest absolute Gasteiger partial charge is 0.407 e. The lowest BCUT2D eigenvalue weighted by molar-refractivity contribution is -0.128. The van der Waals surface area contributed by atoms with Crippen LogP contribution in [0.4, 0.5) is 9.18 Å². The van der Waals surface area contributed by atoms with Gasteiger partial charge in [-0.25, -0.2) is 9.18 Å². The average molecular weight is 467 g/mol. The lowest BCUT2D eigenvalue weighted by Crippen LogP contribution is -2.47. The number of hydrogen-bond acceptors (Lipinski definition) is 6. The Hall–Kier alpha value is -2.88. The second-order valence-electron chi connectivity index (χ2n) is 8.95. The number of amides is 3. The third kappa shape index (κ3) is 11.0. The predicted molar refractivity (Wildman–Crippen MR) is 121 cm³/mol. The highest BCUT2D eigenvalue weighted by Gasteiger charge is 2.26. The fraction of sp³-hybridized carbons (Fsp3) is 0.609. The Kier molecular flexibility index (Phi) is 10.4. The van der Waals surface area contributed by atoms with E-state index in [-0.39, 0.29) is 43.2 Å². The summed E-state index contributed by atoms with van der Waals surface area (Å²) in [5, 5.41) is 8.22. The molecule has 2 rings (SSSR count). The van der Waals surface area contributed by atoms with Gasteiger partial charge in [0.1, 0.15) is 23.8 Å². The van der Waals surface area contributed by atoms with Crippen molar-refractivity contribution in [3.63, 3.8) is 0 Å². The van der Waals surface area contributed by atoms with Crippen LogP contribution in [0.5, 0.6) is 5.75 Å². The first kappa shape index (κ1) is 26.4. The molecule has 9 nitrogen and oxygen atoms in total. The molecular weight excluding hydrogens is 431 g/mol. The van der Waals surface area contributed by atoms with Gasteiger partial charge in [-0.15, -0.1) is 0 Å². The van der Waals surface area contributed by atoms with Gasteiger partial charge in [0.15, 0.2) is 0 Å². The molecular formula is C23H35FN4O5. The fourth-order valence-electron chi connectivity index (χ4n) is 3.37. The van der Waals surface area contributed by atoms with Crippen LogP contribution < -0.4 is 20.7 Å². The van der Waals surface area contributed by atoms with Crippen molar-refractivity contribution in [3.8, 4) is 5.75 Å². The van der Waals surface area contributed by atoms with Gasteiger partial charge in [-0.05, 0) is 64.4 Å². The summed E-state index contributed by atoms with van der Waals surface area (Å²) in [6, 6.07) is 5.69. The van der Waals surface area contributed by atoms with Crippen molar-refractivity contribution in [3.05, 3.63) is 30.1 Å². The zero-order chi connectivity index (χ0) is 24.3. The number of benzene rings is 1. The number of hydrogen-bond donors (Lipinski definition) is 3. The van der Waals surface area contributed by atoms with Crippen molar-refractivity contribution in [1.29, 1.82) is 0 Å². The van der Waals surface area contributed by atoms with E-state index in [4.69, 9.17) is 9.47 Å². The normalized spacial score (nSPS) is 16.5. The number of ether oxygens (including phenoxy) is 2. The lowest BCUT2D eigenvalue weighted by atomic mass is 9.97. The minimum atomic E-state index is -0.569. The Morgan fingerprint density at radius 2 is 1.76 bits per heavy atom. The maximum absolute atomic E-state index is 12.9. The number of carbonyl (C=O) groups excluding carboxylic acids is 3. The maximum Gasteiger partial charge on any atom is 0.407 e. The molecule has 33 heavy (non-hydrogen) atoms. The van der Waals surface area contributed by atoms with E-state index in [1.807, 2.05) is 4.90 Å². The van der Waals surface area contributed by atoms with E-state index in [2.05, 4.69) is 16.0 Å². The van der Waals surface area contributed by atoms with E-state index in [0.29, 0.717) is 25.4 Å². The third-order valence-electron chi connectivity index (χ3n) is 4.84. The molecule has 0 spiro atoms. The summed E-state index contributed by atoms with van der Waals surface area (Å²) in [4.78, 5) is 38.2. The van der Waals surface area contributed by atoms with Gasteiger partial charge < -0.3 is 25.4 Å². The largest absolute Gasteiger partial charge is 0.492 e. The molecule has 1 aliphatic rings. The minimum Gasteiger partial charge on any atom is -0.492 e. The van der Waals surface area contributed by atoms with Gasteiger partial charge in [0.05, 0.1) is 19.0 Å². The molecule has 0 radical (unpaired) electrons. The topological polar surface area (TPSA) is 109 Å². The van der Waals surface area contributed by atoms with Gasteiger partial charge in [-0.1, -0.05) is 0 Å². The quantitative estimate of drug-likeness (QED) is 0.453. The van der Waals surface area contributed by atoms with Gasteiger partial charge in [0, 0.05) is 19.6 Å². The molecule has 0 bridgehead atoms. The Bertz CT molecular complexity index is 782. The van der Waals surface area contributed by atoms with E-state index < -0.39 is 11.7 Å². The molecule has 1 fully saturated rings. The van der Waals surface area contributed by atoms with Gasteiger partial charge in [-0.3, -0.25) is 14.5 Å². The summed E-state index contributed by atoms with van der Waals surface area (Å²) in [6.07, 6.45) is 1.07. The summed E-state index contributed by atoms with van der Waals surface area (Å²) in [6.45, 7) is 8.01. The molecule has 1 unspecified atom stereocenters. The van der Waals surface area contributed by atoms with Crippen LogP contribution in [0.15, 0.2) is 24.3 Å². The van der Waals surface area contributed by atoms with Crippen molar-refractivity contribution < 1.29 is 28.2 Å². The zero-order valence-corrected chi connectivity index (χ0v) is 19.6. The monoisotopic (exact) mass is 466 g/mol. The number of halogens is 1. The molecule has 184 valence electrons. The molecule has 0 aromatic heterocycles. The summed E-state index contributed by atoms with van der Waals surface area (Å²) in [7, 11) is 0. The van der Waals surface area contributed by atoms with Crippen LogP contribution in [0.2, 0.25) is 0 Å². The molecule has 1 aromatic rings. The minimum absolute atomic E-state index is 0.0844. The maximum atomic E-state index is 12.9. The Balaban J connectivity index is 1.60. The van der Waals surface area contributed by atoms with Crippen LogP contribution in [0.1, 0.15) is 33.6 Å². The molecule has 1 saturated heterocycles. The molecule has 3 amide bonds. The lowest BCUT2D eigenvalue weighted by Gasteiger charge is -2.31. The van der Waals surface area contributed by atoms with Crippen molar-refractivity contribution in [2.75, 3.05) is 45.9 Å². The molecule has 1 heterocycles. The van der Waals surface area contributed by atoms with Crippen LogP contribution in [-0.4, -0.2) is 74.3 Å². The Labute approximate surface area is 194 Å². The molecule has 1 atom stereocenters. The standard InChI is InChI=1S/C23H35FN4O5/c1-23(2,3)33-22(31)27-11-10-26-21(30)17-5-4-13-28(15-17)16-20(29)25-12-14-32-19-8-6-18(24)7-9-19/h6-9,17H,4-5,10-16H2,1-3H3,(H,25,29)(H,26,30)(H,27,31). The first-order valence-corrected chi connectivity index (χ1v) is 11.2. The highest BCUT2D eigenvalue weighted by atomic mass is 19.1. The van der Waals surface area contributed by atoms with Crippen LogP contribution >= 0.6 is 0 Å². The first-order valence-electron chi connectivity index (χ1n) is 11.2. The number of piperidine rings is 1. The number of rotatable bonds is 10. The second-order valence-corrected chi connectivity index (χ2v) is 8.95. The SMILES string of the molecule is CC(C)(C)OC(=O)NCCNC(=O)C1CCCN(CC(=O)NCCOc2ccc(F)cc2)C1. The fourth-order valence-corrected chi connectivity index (χ4v) is 3.37. The highest BCUT2D eigenvalue weighted by Crippen LogP contribution is 2.16. The number of carbonyl (C=O) groups is 3. The molecule has 10 heteroatoms. The molecule has 1 aliphatic heterocycles. The summed E-state index contributed by atoms with van der Waals surface area (Å²) < 4.78 is 23.5. The van der Waals surface area contributed by atoms with E-state index in [9.17, 15) is 18.8 Å². The Morgan fingerprint density at radius 1 is 1.06 bits per heavy atom. The Morgan fingerprint density at radius 3 is 2.45 bits per heavy atom. The van der Waals surface area contributed by atoms with Gasteiger partial charge in [0.25, 0.3) is 0 Å². The highest BCUT2D eigenvalue weighted by molar-refractivity contribution is 5.80. The second kappa shape index (κ2) is 13.0. The number of nitrogens with one attached hydrogen (secondary N) is 3. The number of likely N-dealkylation sites (tertiary alicyclic amines) is 1. The molecule has 0 saturated carbocycles. The third-order valence-corrected chi connectivity index (χ3v) is 4.84. The van der Waals surface area contributed by atoms with E-state index in [1.54, 1.807) is 20.8 Å². The van der Waals surface area contributed by atoms with E-state index >= 15 is 0 Å². The number of nitrogens with zero attached hydrogens (tertiary/aromatic N) is 1. The van der Waals surface area contributed by atoms with Crippen LogP contribution in [0, 0.1) is 11.7 Å². The van der Waals surface area contributed by atoms with Crippen molar-refractivity contribution in [2.45, 2.75) is 39.2 Å². The summed E-state index contributed by atoms with van der Waals surface area (Å²) in [5.74, 6) is -0.215. The van der Waals surface area contributed by atoms with Crippen molar-refractivity contribution in [2.24, 2.45) is 5.92 Å². The van der Waals surface area contributed by atoms with Gasteiger partial charge >= 0.3 is 6.09 Å². The molecule has 3 N–H and O–H groups in total. The summed E-state index contributed by atoms with van der Waals surface area (Å²) in [5.41, 5.74) is -0.569. The van der Waals surface area contributed by atoms with Crippen molar-refractivity contribution in [1.82, 2.24) is 20.9 Å². The molecule has 0 aliphatic carbocycles. The van der Waals surface area contributed by atoms with Crippen LogP contribution in [0.3, 0.4) is 0 Å². The van der Waals surface area contributed by atoms with E-state index in [0.717, 1.165) is 19.4 Å². The van der Waals surface area contributed by atoms with Crippen molar-refractivity contribution >= 4 is 17.9 Å². The van der Waals surface area contributed by atoms with Gasteiger partial charge in [0.2, 0.25) is 11.8 Å². The first-order chi connectivity index (χ1) is 15.6. The van der Waals surface area contributed by atoms with Crippen LogP contribution in [-0.2, 0) is 14.3 Å². The predicted octanol–water partition coefficient (Wildman–Crippen LogP) is 1.67. The van der Waals surface area contributed by atoms with Crippen LogP contribution in [0.25, 0.3) is 0 Å². The molecule has 1 aromatic carbocycles. The summed E-state index contributed by atoms with van der Waals surface area (Å²) >= 11 is 0. The van der Waals surface area contributed by atoms with Gasteiger partial charge in [-0.2, -0.15) is 0 Å². The van der Waals surface area contributed by atoms with E-state index in [1.165, 1.54) is 24.3 Å². The zero-order valence-electron chi connectivity index (χ0n) is 19.6. The average Bonchev–Trinajstić information content (AvgIpc) is 2.74.